The molecule has 0 saturated carbocycles. The van der Waals surface area contributed by atoms with Gasteiger partial charge < -0.3 is 14.9 Å². The molecule has 0 spiro atoms. The van der Waals surface area contributed by atoms with Crippen molar-refractivity contribution in [2.24, 2.45) is 0 Å². The number of aromatic hydroxyl groups is 2. The lowest BCUT2D eigenvalue weighted by Crippen LogP contribution is -2.00. The molecule has 0 unspecified atom stereocenters. The minimum absolute atomic E-state index is 0.155. The second kappa shape index (κ2) is 7.13. The SMILES string of the molecule is Oc1ccc(-c2nc(Oc3ccccc3)nc(-c3ccc(O)cc3)n2)cc1. The van der Waals surface area contributed by atoms with Gasteiger partial charge in [0, 0.05) is 11.1 Å². The fraction of sp³-hybridized carbons (Fsp3) is 0. The zero-order valence-corrected chi connectivity index (χ0v) is 14.1. The number of benzene rings is 3. The van der Waals surface area contributed by atoms with Crippen LogP contribution in [-0.4, -0.2) is 25.2 Å². The van der Waals surface area contributed by atoms with Gasteiger partial charge in [0.25, 0.3) is 0 Å². The highest BCUT2D eigenvalue weighted by Crippen LogP contribution is 2.26. The molecule has 3 aromatic carbocycles. The maximum Gasteiger partial charge on any atom is 0.326 e. The minimum atomic E-state index is 0.155. The molecule has 132 valence electrons. The summed E-state index contributed by atoms with van der Waals surface area (Å²) in [7, 11) is 0. The Bertz CT molecular complexity index is 987. The highest BCUT2D eigenvalue weighted by atomic mass is 16.5. The molecule has 2 N–H and O–H groups in total. The van der Waals surface area contributed by atoms with Gasteiger partial charge in [-0.2, -0.15) is 9.97 Å². The van der Waals surface area contributed by atoms with E-state index in [1.54, 1.807) is 48.5 Å². The number of ether oxygens (including phenoxy) is 1. The first-order chi connectivity index (χ1) is 13.2. The predicted molar refractivity (Wildman–Crippen MR) is 101 cm³/mol. The van der Waals surface area contributed by atoms with Crippen molar-refractivity contribution in [1.82, 2.24) is 15.0 Å². The number of nitrogens with zero attached hydrogens (tertiary/aromatic N) is 3. The third-order valence-electron chi connectivity index (χ3n) is 3.82. The fourth-order valence-electron chi connectivity index (χ4n) is 2.48. The summed E-state index contributed by atoms with van der Waals surface area (Å²) in [6.45, 7) is 0. The van der Waals surface area contributed by atoms with Crippen molar-refractivity contribution >= 4 is 0 Å². The van der Waals surface area contributed by atoms with Crippen LogP contribution < -0.4 is 4.74 Å². The summed E-state index contributed by atoms with van der Waals surface area (Å²) >= 11 is 0. The summed E-state index contributed by atoms with van der Waals surface area (Å²) in [6.07, 6.45) is 0. The molecule has 0 aliphatic rings. The summed E-state index contributed by atoms with van der Waals surface area (Å²) in [4.78, 5) is 13.3. The van der Waals surface area contributed by atoms with Gasteiger partial charge in [0.15, 0.2) is 11.6 Å². The number of para-hydroxylation sites is 1. The van der Waals surface area contributed by atoms with Gasteiger partial charge in [-0.05, 0) is 60.7 Å². The largest absolute Gasteiger partial charge is 0.508 e. The van der Waals surface area contributed by atoms with E-state index in [0.717, 1.165) is 0 Å². The molecule has 0 radical (unpaired) electrons. The third-order valence-corrected chi connectivity index (χ3v) is 3.82. The Kier molecular flexibility index (Phi) is 4.37. The van der Waals surface area contributed by atoms with Crippen LogP contribution in [0, 0.1) is 0 Å². The summed E-state index contributed by atoms with van der Waals surface area (Å²) < 4.78 is 5.79. The number of hydrogen-bond donors (Lipinski definition) is 2. The van der Waals surface area contributed by atoms with Gasteiger partial charge in [-0.15, -0.1) is 0 Å². The van der Waals surface area contributed by atoms with Crippen LogP contribution in [0.4, 0.5) is 0 Å². The van der Waals surface area contributed by atoms with Crippen LogP contribution in [-0.2, 0) is 0 Å². The molecular formula is C21H15N3O3. The van der Waals surface area contributed by atoms with Gasteiger partial charge >= 0.3 is 6.01 Å². The van der Waals surface area contributed by atoms with Crippen LogP contribution in [0.3, 0.4) is 0 Å². The quantitative estimate of drug-likeness (QED) is 0.562. The van der Waals surface area contributed by atoms with Crippen molar-refractivity contribution in [1.29, 1.82) is 0 Å². The molecule has 1 heterocycles. The first-order valence-electron chi connectivity index (χ1n) is 8.25. The molecule has 0 bridgehead atoms. The fourth-order valence-corrected chi connectivity index (χ4v) is 2.48. The summed E-state index contributed by atoms with van der Waals surface area (Å²) in [5.41, 5.74) is 1.43. The first-order valence-corrected chi connectivity index (χ1v) is 8.25. The molecule has 0 atom stereocenters. The Hall–Kier alpha value is -3.93. The van der Waals surface area contributed by atoms with E-state index in [4.69, 9.17) is 4.74 Å². The van der Waals surface area contributed by atoms with E-state index in [-0.39, 0.29) is 17.5 Å². The van der Waals surface area contributed by atoms with Crippen LogP contribution in [0.1, 0.15) is 0 Å². The van der Waals surface area contributed by atoms with Crippen LogP contribution in [0.25, 0.3) is 22.8 Å². The molecule has 4 aromatic rings. The van der Waals surface area contributed by atoms with Crippen molar-refractivity contribution in [3.05, 3.63) is 78.9 Å². The van der Waals surface area contributed by atoms with Crippen molar-refractivity contribution in [2.45, 2.75) is 0 Å². The first kappa shape index (κ1) is 16.5. The summed E-state index contributed by atoms with van der Waals surface area (Å²) in [5, 5.41) is 19.0. The van der Waals surface area contributed by atoms with Crippen LogP contribution in [0.2, 0.25) is 0 Å². The average molecular weight is 357 g/mol. The lowest BCUT2D eigenvalue weighted by atomic mass is 10.2. The van der Waals surface area contributed by atoms with Crippen LogP contribution in [0.15, 0.2) is 78.9 Å². The molecule has 27 heavy (non-hydrogen) atoms. The number of hydrogen-bond acceptors (Lipinski definition) is 6. The van der Waals surface area contributed by atoms with Crippen molar-refractivity contribution in [3.63, 3.8) is 0 Å². The van der Waals surface area contributed by atoms with Crippen LogP contribution >= 0.6 is 0 Å². The van der Waals surface area contributed by atoms with Gasteiger partial charge in [0.1, 0.15) is 17.2 Å². The summed E-state index contributed by atoms with van der Waals surface area (Å²) in [5.74, 6) is 1.76. The van der Waals surface area contributed by atoms with Gasteiger partial charge in [-0.25, -0.2) is 4.98 Å². The molecular weight excluding hydrogens is 342 g/mol. The molecule has 4 rings (SSSR count). The minimum Gasteiger partial charge on any atom is -0.508 e. The van der Waals surface area contributed by atoms with Crippen molar-refractivity contribution in [3.8, 4) is 46.0 Å². The van der Waals surface area contributed by atoms with Gasteiger partial charge in [-0.1, -0.05) is 18.2 Å². The van der Waals surface area contributed by atoms with Crippen LogP contribution in [0.5, 0.6) is 23.3 Å². The van der Waals surface area contributed by atoms with E-state index in [0.29, 0.717) is 28.5 Å². The Balaban J connectivity index is 1.80. The number of aromatic nitrogens is 3. The highest BCUT2D eigenvalue weighted by Gasteiger charge is 2.12. The van der Waals surface area contributed by atoms with Crippen molar-refractivity contribution < 1.29 is 14.9 Å². The van der Waals surface area contributed by atoms with E-state index in [9.17, 15) is 10.2 Å². The second-order valence-corrected chi connectivity index (χ2v) is 5.77. The Morgan fingerprint density at radius 3 is 1.52 bits per heavy atom. The maximum absolute atomic E-state index is 9.51. The smallest absolute Gasteiger partial charge is 0.326 e. The molecule has 6 heteroatoms. The molecule has 0 saturated heterocycles. The number of phenols is 2. The Morgan fingerprint density at radius 2 is 1.04 bits per heavy atom. The highest BCUT2D eigenvalue weighted by molar-refractivity contribution is 5.62. The topological polar surface area (TPSA) is 88.4 Å². The molecule has 6 nitrogen and oxygen atoms in total. The molecule has 0 amide bonds. The van der Waals surface area contributed by atoms with E-state index in [1.165, 1.54) is 0 Å². The Morgan fingerprint density at radius 1 is 0.556 bits per heavy atom. The zero-order valence-electron chi connectivity index (χ0n) is 14.1. The lowest BCUT2D eigenvalue weighted by Gasteiger charge is -2.09. The Labute approximate surface area is 155 Å². The lowest BCUT2D eigenvalue weighted by molar-refractivity contribution is 0.441. The monoisotopic (exact) mass is 357 g/mol. The van der Waals surface area contributed by atoms with Crippen molar-refractivity contribution in [2.75, 3.05) is 0 Å². The normalized spacial score (nSPS) is 10.5. The molecule has 0 fully saturated rings. The number of rotatable bonds is 4. The third kappa shape index (κ3) is 3.85. The molecule has 0 aliphatic carbocycles. The van der Waals surface area contributed by atoms with E-state index in [2.05, 4.69) is 15.0 Å². The number of phenolic OH excluding ortho intramolecular Hbond substituents is 2. The van der Waals surface area contributed by atoms with E-state index >= 15 is 0 Å². The van der Waals surface area contributed by atoms with Gasteiger partial charge in [-0.3, -0.25) is 0 Å². The second-order valence-electron chi connectivity index (χ2n) is 5.77. The maximum atomic E-state index is 9.51. The van der Waals surface area contributed by atoms with Gasteiger partial charge in [0.2, 0.25) is 0 Å². The predicted octanol–water partition coefficient (Wildman–Crippen LogP) is 4.41. The van der Waals surface area contributed by atoms with Gasteiger partial charge in [0.05, 0.1) is 0 Å². The average Bonchev–Trinajstić information content (AvgIpc) is 2.70. The molecule has 1 aromatic heterocycles. The van der Waals surface area contributed by atoms with E-state index in [1.807, 2.05) is 30.3 Å². The standard InChI is InChI=1S/C21H15N3O3/c25-16-10-6-14(7-11-16)19-22-20(15-8-12-17(26)13-9-15)24-21(23-19)27-18-4-2-1-3-5-18/h1-13,25-26H. The molecule has 0 aliphatic heterocycles. The zero-order chi connectivity index (χ0) is 18.6. The summed E-state index contributed by atoms with van der Waals surface area (Å²) in [6, 6.07) is 22.5. The van der Waals surface area contributed by atoms with E-state index < -0.39 is 0 Å².